The summed E-state index contributed by atoms with van der Waals surface area (Å²) < 4.78 is 20.1. The van der Waals surface area contributed by atoms with Gasteiger partial charge in [0.05, 0.1) is 11.3 Å². The third-order valence-corrected chi connectivity index (χ3v) is 3.21. The van der Waals surface area contributed by atoms with Crippen molar-refractivity contribution in [2.45, 2.75) is 6.61 Å². The fraction of sp³-hybridized carbons (Fsp3) is 0.214. The standard InChI is InChI=1S/C14H14FN3O4/c1-17-9(6-12(19)18(2)14(17)21)7-22-13(20)10-4-3-8(15)5-11(10)16/h3-6H,7,16H2,1-2H3. The second-order valence-electron chi connectivity index (χ2n) is 4.68. The van der Waals surface area contributed by atoms with Gasteiger partial charge in [0.15, 0.2) is 0 Å². The average molecular weight is 307 g/mol. The van der Waals surface area contributed by atoms with Crippen molar-refractivity contribution in [3.63, 3.8) is 0 Å². The maximum atomic E-state index is 12.9. The molecule has 116 valence electrons. The van der Waals surface area contributed by atoms with Crippen molar-refractivity contribution in [2.75, 3.05) is 5.73 Å². The number of rotatable bonds is 3. The van der Waals surface area contributed by atoms with Crippen LogP contribution in [-0.4, -0.2) is 15.1 Å². The summed E-state index contributed by atoms with van der Waals surface area (Å²) in [6.45, 7) is -0.280. The molecule has 22 heavy (non-hydrogen) atoms. The van der Waals surface area contributed by atoms with Crippen LogP contribution in [0.25, 0.3) is 0 Å². The SMILES string of the molecule is Cn1c(COC(=O)c2ccc(F)cc2N)cc(=O)n(C)c1=O. The van der Waals surface area contributed by atoms with E-state index in [1.807, 2.05) is 0 Å². The number of nitrogen functional groups attached to an aromatic ring is 1. The van der Waals surface area contributed by atoms with E-state index in [0.717, 1.165) is 16.7 Å². The molecule has 7 nitrogen and oxygen atoms in total. The minimum atomic E-state index is -0.773. The molecule has 0 saturated carbocycles. The third kappa shape index (κ3) is 2.90. The van der Waals surface area contributed by atoms with Gasteiger partial charge >= 0.3 is 11.7 Å². The molecular formula is C14H14FN3O4. The molecule has 0 saturated heterocycles. The first-order valence-corrected chi connectivity index (χ1v) is 6.29. The van der Waals surface area contributed by atoms with Crippen LogP contribution in [0.1, 0.15) is 16.1 Å². The summed E-state index contributed by atoms with van der Waals surface area (Å²) >= 11 is 0. The van der Waals surface area contributed by atoms with E-state index in [9.17, 15) is 18.8 Å². The lowest BCUT2D eigenvalue weighted by atomic mass is 10.2. The summed E-state index contributed by atoms with van der Waals surface area (Å²) in [5, 5.41) is 0. The van der Waals surface area contributed by atoms with Gasteiger partial charge in [-0.3, -0.25) is 13.9 Å². The van der Waals surface area contributed by atoms with Crippen LogP contribution < -0.4 is 17.0 Å². The molecule has 0 atom stereocenters. The van der Waals surface area contributed by atoms with Crippen molar-refractivity contribution >= 4 is 11.7 Å². The molecule has 0 aliphatic heterocycles. The number of halogens is 1. The molecule has 1 heterocycles. The molecule has 0 amide bonds. The summed E-state index contributed by atoms with van der Waals surface area (Å²) in [6.07, 6.45) is 0. The molecule has 2 N–H and O–H groups in total. The van der Waals surface area contributed by atoms with Crippen molar-refractivity contribution in [1.82, 2.24) is 9.13 Å². The van der Waals surface area contributed by atoms with Gasteiger partial charge in [-0.25, -0.2) is 14.0 Å². The number of hydrogen-bond donors (Lipinski definition) is 1. The van der Waals surface area contributed by atoms with Crippen molar-refractivity contribution < 1.29 is 13.9 Å². The Morgan fingerprint density at radius 1 is 1.23 bits per heavy atom. The van der Waals surface area contributed by atoms with Crippen LogP contribution >= 0.6 is 0 Å². The van der Waals surface area contributed by atoms with Gasteiger partial charge in [-0.15, -0.1) is 0 Å². The van der Waals surface area contributed by atoms with Gasteiger partial charge in [0, 0.05) is 25.8 Å². The van der Waals surface area contributed by atoms with Gasteiger partial charge in [0.2, 0.25) is 0 Å². The van der Waals surface area contributed by atoms with Crippen LogP contribution in [0.2, 0.25) is 0 Å². The molecule has 2 aromatic rings. The van der Waals surface area contributed by atoms with Gasteiger partial charge < -0.3 is 10.5 Å². The zero-order valence-electron chi connectivity index (χ0n) is 12.0. The van der Waals surface area contributed by atoms with Crippen molar-refractivity contribution in [1.29, 1.82) is 0 Å². The number of carbonyl (C=O) groups excluding carboxylic acids is 1. The number of nitrogens with zero attached hydrogens (tertiary/aromatic N) is 2. The van der Waals surface area contributed by atoms with Crippen LogP contribution in [0.5, 0.6) is 0 Å². The second kappa shape index (κ2) is 5.84. The van der Waals surface area contributed by atoms with Gasteiger partial charge in [0.25, 0.3) is 5.56 Å². The van der Waals surface area contributed by atoms with Crippen LogP contribution in [0, 0.1) is 5.82 Å². The quantitative estimate of drug-likeness (QED) is 0.644. The Balaban J connectivity index is 2.22. The number of esters is 1. The summed E-state index contributed by atoms with van der Waals surface area (Å²) in [6, 6.07) is 4.49. The zero-order chi connectivity index (χ0) is 16.4. The minimum absolute atomic E-state index is 0.00948. The summed E-state index contributed by atoms with van der Waals surface area (Å²) in [5.74, 6) is -1.34. The lowest BCUT2D eigenvalue weighted by Gasteiger charge is -2.11. The molecule has 0 bridgehead atoms. The second-order valence-corrected chi connectivity index (χ2v) is 4.68. The highest BCUT2D eigenvalue weighted by molar-refractivity contribution is 5.94. The highest BCUT2D eigenvalue weighted by Gasteiger charge is 2.14. The molecule has 0 radical (unpaired) electrons. The number of hydrogen-bond acceptors (Lipinski definition) is 5. The molecule has 0 fully saturated rings. The van der Waals surface area contributed by atoms with E-state index in [0.29, 0.717) is 0 Å². The first-order valence-electron chi connectivity index (χ1n) is 6.29. The maximum Gasteiger partial charge on any atom is 0.340 e. The normalized spacial score (nSPS) is 10.5. The van der Waals surface area contributed by atoms with E-state index in [2.05, 4.69) is 0 Å². The molecule has 1 aromatic carbocycles. The van der Waals surface area contributed by atoms with Crippen molar-refractivity contribution in [2.24, 2.45) is 14.1 Å². The Hall–Kier alpha value is -2.90. The first kappa shape index (κ1) is 15.5. The number of nitrogens with two attached hydrogens (primary N) is 1. The molecule has 8 heteroatoms. The predicted molar refractivity (Wildman–Crippen MR) is 76.9 cm³/mol. The van der Waals surface area contributed by atoms with E-state index in [-0.39, 0.29) is 23.6 Å². The van der Waals surface area contributed by atoms with Crippen molar-refractivity contribution in [3.05, 3.63) is 62.2 Å². The molecule has 0 unspecified atom stereocenters. The smallest absolute Gasteiger partial charge is 0.340 e. The molecular weight excluding hydrogens is 293 g/mol. The van der Waals surface area contributed by atoms with Crippen LogP contribution in [0.4, 0.5) is 10.1 Å². The number of ether oxygens (including phenoxy) is 1. The summed E-state index contributed by atoms with van der Waals surface area (Å²) in [5.41, 5.74) is 4.70. The van der Waals surface area contributed by atoms with Crippen LogP contribution in [0.3, 0.4) is 0 Å². The maximum absolute atomic E-state index is 12.9. The molecule has 0 spiro atoms. The Bertz CT molecular complexity index is 854. The Morgan fingerprint density at radius 2 is 1.91 bits per heavy atom. The number of aromatic nitrogens is 2. The average Bonchev–Trinajstić information content (AvgIpc) is 2.47. The molecule has 1 aromatic heterocycles. The van der Waals surface area contributed by atoms with E-state index >= 15 is 0 Å². The molecule has 2 rings (SSSR count). The highest BCUT2D eigenvalue weighted by Crippen LogP contribution is 2.15. The largest absolute Gasteiger partial charge is 0.456 e. The number of carbonyl (C=O) groups is 1. The first-order chi connectivity index (χ1) is 10.3. The minimum Gasteiger partial charge on any atom is -0.456 e. The fourth-order valence-corrected chi connectivity index (χ4v) is 1.85. The van der Waals surface area contributed by atoms with E-state index < -0.39 is 23.0 Å². The van der Waals surface area contributed by atoms with Gasteiger partial charge in [-0.2, -0.15) is 0 Å². The van der Waals surface area contributed by atoms with E-state index in [1.54, 1.807) is 0 Å². The monoisotopic (exact) mass is 307 g/mol. The lowest BCUT2D eigenvalue weighted by molar-refractivity contribution is 0.0464. The Kier molecular flexibility index (Phi) is 4.11. The fourth-order valence-electron chi connectivity index (χ4n) is 1.85. The summed E-state index contributed by atoms with van der Waals surface area (Å²) in [7, 11) is 2.80. The van der Waals surface area contributed by atoms with E-state index in [4.69, 9.17) is 10.5 Å². The molecule has 0 aliphatic rings. The third-order valence-electron chi connectivity index (χ3n) is 3.21. The number of benzene rings is 1. The highest BCUT2D eigenvalue weighted by atomic mass is 19.1. The molecule has 0 aliphatic carbocycles. The van der Waals surface area contributed by atoms with E-state index in [1.165, 1.54) is 30.8 Å². The van der Waals surface area contributed by atoms with Gasteiger partial charge in [-0.05, 0) is 18.2 Å². The topological polar surface area (TPSA) is 96.3 Å². The van der Waals surface area contributed by atoms with Gasteiger partial charge in [-0.1, -0.05) is 0 Å². The number of anilines is 1. The Morgan fingerprint density at radius 3 is 2.55 bits per heavy atom. The predicted octanol–water partition coefficient (Wildman–Crippen LogP) is 0.162. The van der Waals surface area contributed by atoms with Crippen LogP contribution in [-0.2, 0) is 25.4 Å². The lowest BCUT2D eigenvalue weighted by Crippen LogP contribution is -2.38. The van der Waals surface area contributed by atoms with Gasteiger partial charge in [0.1, 0.15) is 12.4 Å². The Labute approximate surface area is 124 Å². The van der Waals surface area contributed by atoms with Crippen LogP contribution in [0.15, 0.2) is 33.9 Å². The van der Waals surface area contributed by atoms with Crippen molar-refractivity contribution in [3.8, 4) is 0 Å². The zero-order valence-corrected chi connectivity index (χ0v) is 12.0. The summed E-state index contributed by atoms with van der Waals surface area (Å²) in [4.78, 5) is 35.2.